The van der Waals surface area contributed by atoms with Crippen LogP contribution in [0.3, 0.4) is 0 Å². The molecule has 0 atom stereocenters. The van der Waals surface area contributed by atoms with Crippen molar-refractivity contribution in [2.24, 2.45) is 0 Å². The fraction of sp³-hybridized carbons (Fsp3) is 0.136. The largest absolute Gasteiger partial charge is 0.478 e. The number of pyridine rings is 3. The Balaban J connectivity index is 0.000000176. The molecule has 0 amide bonds. The van der Waals surface area contributed by atoms with E-state index in [1.165, 1.54) is 18.7 Å². The van der Waals surface area contributed by atoms with E-state index in [4.69, 9.17) is 21.8 Å². The minimum atomic E-state index is -1.03. The number of rotatable bonds is 1. The van der Waals surface area contributed by atoms with E-state index < -0.39 is 5.97 Å². The van der Waals surface area contributed by atoms with Gasteiger partial charge in [0.15, 0.2) is 0 Å². The van der Waals surface area contributed by atoms with Gasteiger partial charge in [-0.3, -0.25) is 14.8 Å². The number of aromatic amines is 1. The molecule has 0 unspecified atom stereocenters. The summed E-state index contributed by atoms with van der Waals surface area (Å²) in [5.74, 6) is -0.967. The number of carbonyl (C=O) groups is 1. The molecule has 0 aliphatic carbocycles. The number of nitrogen functional groups attached to an aromatic ring is 2. The monoisotopic (exact) mass is 446 g/mol. The molecule has 4 aromatic rings. The van der Waals surface area contributed by atoms with Crippen LogP contribution in [0.1, 0.15) is 32.6 Å². The fourth-order valence-electron chi connectivity index (χ4n) is 2.77. The smallest absolute Gasteiger partial charge is 0.339 e. The van der Waals surface area contributed by atoms with E-state index in [9.17, 15) is 9.59 Å². The number of anilines is 2. The SMILES string of the molecule is Cc1ccnc(N)c1C(=O)O.Cc1cncc(N)c1C#N.Cc1cncc2nc[nH]c(=O)c12. The summed E-state index contributed by atoms with van der Waals surface area (Å²) in [7, 11) is 0. The first kappa shape index (κ1) is 24.4. The summed E-state index contributed by atoms with van der Waals surface area (Å²) in [5, 5.41) is 17.8. The summed E-state index contributed by atoms with van der Waals surface area (Å²) in [4.78, 5) is 39.7. The molecule has 11 nitrogen and oxygen atoms in total. The van der Waals surface area contributed by atoms with E-state index in [1.54, 1.807) is 31.6 Å². The van der Waals surface area contributed by atoms with E-state index in [-0.39, 0.29) is 16.9 Å². The first-order chi connectivity index (χ1) is 15.7. The second kappa shape index (κ2) is 11.0. The third-order valence-electron chi connectivity index (χ3n) is 4.42. The highest BCUT2D eigenvalue weighted by atomic mass is 16.4. The van der Waals surface area contributed by atoms with E-state index in [0.29, 0.717) is 27.7 Å². The second-order valence-corrected chi connectivity index (χ2v) is 6.81. The third-order valence-corrected chi connectivity index (χ3v) is 4.42. The van der Waals surface area contributed by atoms with Gasteiger partial charge in [-0.15, -0.1) is 0 Å². The van der Waals surface area contributed by atoms with Crippen LogP contribution in [-0.4, -0.2) is 36.0 Å². The van der Waals surface area contributed by atoms with Crippen molar-refractivity contribution in [3.63, 3.8) is 0 Å². The van der Waals surface area contributed by atoms with E-state index in [2.05, 4.69) is 24.9 Å². The van der Waals surface area contributed by atoms with Crippen LogP contribution >= 0.6 is 0 Å². The molecule has 4 aromatic heterocycles. The standard InChI is InChI=1S/C8H7N3O.C7H7N3.C7H8N2O2/c1-5-2-9-3-6-7(5)8(12)11-4-10-6;1-5-3-10-4-7(9)6(5)2-8;1-4-2-3-9-6(8)5(4)7(10)11/h2-4H,1H3,(H,10,11,12);3-4H,9H2,1H3;2-3H,1H3,(H2,8,9)(H,10,11). The lowest BCUT2D eigenvalue weighted by Crippen LogP contribution is -2.07. The molecule has 168 valence electrons. The third kappa shape index (κ3) is 6.08. The summed E-state index contributed by atoms with van der Waals surface area (Å²) < 4.78 is 0. The van der Waals surface area contributed by atoms with Crippen LogP contribution in [0.25, 0.3) is 10.9 Å². The summed E-state index contributed by atoms with van der Waals surface area (Å²) >= 11 is 0. The Morgan fingerprint density at radius 3 is 2.21 bits per heavy atom. The van der Waals surface area contributed by atoms with E-state index >= 15 is 0 Å². The molecule has 0 spiro atoms. The molecule has 11 heteroatoms. The zero-order valence-corrected chi connectivity index (χ0v) is 18.2. The van der Waals surface area contributed by atoms with Gasteiger partial charge in [0.2, 0.25) is 0 Å². The molecule has 0 aromatic carbocycles. The predicted molar refractivity (Wildman–Crippen MR) is 123 cm³/mol. The number of carboxylic acid groups (broad SMARTS) is 1. The summed E-state index contributed by atoms with van der Waals surface area (Å²) in [6.07, 6.45) is 9.19. The molecule has 0 saturated heterocycles. The normalized spacial score (nSPS) is 9.64. The van der Waals surface area contributed by atoms with Gasteiger partial charge in [-0.25, -0.2) is 14.8 Å². The maximum absolute atomic E-state index is 11.3. The fourth-order valence-corrected chi connectivity index (χ4v) is 2.77. The minimum absolute atomic E-state index is 0.0671. The second-order valence-electron chi connectivity index (χ2n) is 6.81. The van der Waals surface area contributed by atoms with Gasteiger partial charge in [0.05, 0.1) is 40.9 Å². The number of aryl methyl sites for hydroxylation is 3. The van der Waals surface area contributed by atoms with Gasteiger partial charge in [-0.05, 0) is 43.5 Å². The molecule has 0 aliphatic rings. The van der Waals surface area contributed by atoms with Crippen LogP contribution in [0, 0.1) is 32.1 Å². The van der Waals surface area contributed by atoms with Crippen molar-refractivity contribution < 1.29 is 9.90 Å². The number of nitriles is 1. The Bertz CT molecular complexity index is 1350. The molecular weight excluding hydrogens is 424 g/mol. The van der Waals surface area contributed by atoms with Crippen molar-refractivity contribution >= 4 is 28.4 Å². The molecule has 0 fully saturated rings. The number of hydrogen-bond acceptors (Lipinski definition) is 9. The quantitative estimate of drug-likeness (QED) is 0.336. The highest BCUT2D eigenvalue weighted by molar-refractivity contribution is 5.94. The predicted octanol–water partition coefficient (Wildman–Crippen LogP) is 2.14. The van der Waals surface area contributed by atoms with Gasteiger partial charge in [0.1, 0.15) is 17.5 Å². The summed E-state index contributed by atoms with van der Waals surface area (Å²) in [5.41, 5.74) is 14.7. The zero-order valence-electron chi connectivity index (χ0n) is 18.2. The Morgan fingerprint density at radius 2 is 1.70 bits per heavy atom. The summed E-state index contributed by atoms with van der Waals surface area (Å²) in [6.45, 7) is 5.33. The van der Waals surface area contributed by atoms with Gasteiger partial charge in [-0.1, -0.05) is 0 Å². The minimum Gasteiger partial charge on any atom is -0.478 e. The van der Waals surface area contributed by atoms with E-state index in [0.717, 1.165) is 11.1 Å². The average Bonchev–Trinajstić information content (AvgIpc) is 2.75. The molecule has 0 radical (unpaired) electrons. The molecule has 6 N–H and O–H groups in total. The number of nitrogens with one attached hydrogen (secondary N) is 1. The summed E-state index contributed by atoms with van der Waals surface area (Å²) in [6, 6.07) is 3.61. The Hall–Kier alpha value is -4.85. The van der Waals surface area contributed by atoms with Crippen LogP contribution in [0.15, 0.2) is 48.2 Å². The molecule has 0 saturated carbocycles. The highest BCUT2D eigenvalue weighted by Gasteiger charge is 2.10. The van der Waals surface area contributed by atoms with Crippen molar-refractivity contribution in [3.05, 3.63) is 81.5 Å². The van der Waals surface area contributed by atoms with Crippen LogP contribution in [0.4, 0.5) is 11.5 Å². The van der Waals surface area contributed by atoms with Gasteiger partial charge in [0.25, 0.3) is 5.56 Å². The number of H-pyrrole nitrogens is 1. The van der Waals surface area contributed by atoms with Crippen molar-refractivity contribution in [1.29, 1.82) is 5.26 Å². The number of fused-ring (bicyclic) bond motifs is 1. The molecule has 4 heterocycles. The topological polar surface area (TPSA) is 198 Å². The molecule has 33 heavy (non-hydrogen) atoms. The average molecular weight is 446 g/mol. The van der Waals surface area contributed by atoms with Crippen molar-refractivity contribution in [1.82, 2.24) is 24.9 Å². The van der Waals surface area contributed by atoms with Gasteiger partial charge < -0.3 is 21.6 Å². The molecular formula is C22H22N8O3. The first-order valence-electron chi connectivity index (χ1n) is 9.49. The number of aromatic carboxylic acids is 1. The number of carboxylic acids is 1. The molecule has 0 aliphatic heterocycles. The first-order valence-corrected chi connectivity index (χ1v) is 9.49. The Kier molecular flexibility index (Phi) is 8.11. The number of nitrogens with zero attached hydrogens (tertiary/aromatic N) is 5. The van der Waals surface area contributed by atoms with Crippen molar-refractivity contribution in [3.8, 4) is 6.07 Å². The maximum Gasteiger partial charge on any atom is 0.339 e. The van der Waals surface area contributed by atoms with Gasteiger partial charge in [-0.2, -0.15) is 5.26 Å². The van der Waals surface area contributed by atoms with Crippen molar-refractivity contribution in [2.75, 3.05) is 11.5 Å². The molecule has 0 bridgehead atoms. The Morgan fingerprint density at radius 1 is 1.03 bits per heavy atom. The molecule has 4 rings (SSSR count). The highest BCUT2D eigenvalue weighted by Crippen LogP contribution is 2.13. The van der Waals surface area contributed by atoms with Crippen LogP contribution in [-0.2, 0) is 0 Å². The lowest BCUT2D eigenvalue weighted by atomic mass is 10.1. The lowest BCUT2D eigenvalue weighted by molar-refractivity contribution is 0.0697. The van der Waals surface area contributed by atoms with Gasteiger partial charge >= 0.3 is 5.97 Å². The van der Waals surface area contributed by atoms with Crippen LogP contribution < -0.4 is 17.0 Å². The number of hydrogen-bond donors (Lipinski definition) is 4. The van der Waals surface area contributed by atoms with Crippen molar-refractivity contribution in [2.45, 2.75) is 20.8 Å². The van der Waals surface area contributed by atoms with Gasteiger partial charge in [0, 0.05) is 18.6 Å². The Labute approximate surface area is 188 Å². The van der Waals surface area contributed by atoms with E-state index in [1.807, 2.05) is 19.9 Å². The zero-order chi connectivity index (χ0) is 24.5. The lowest BCUT2D eigenvalue weighted by Gasteiger charge is -2.01. The maximum atomic E-state index is 11.3. The number of nitrogens with two attached hydrogens (primary N) is 2. The van der Waals surface area contributed by atoms with Crippen LogP contribution in [0.5, 0.6) is 0 Å². The van der Waals surface area contributed by atoms with Crippen LogP contribution in [0.2, 0.25) is 0 Å². The number of aromatic nitrogens is 5.